The molecule has 3 heterocycles. The summed E-state index contributed by atoms with van der Waals surface area (Å²) in [5.74, 6) is 0.848. The molecule has 1 atom stereocenters. The van der Waals surface area contributed by atoms with Gasteiger partial charge in [-0.1, -0.05) is 47.6 Å². The lowest BCUT2D eigenvalue weighted by atomic mass is 9.72. The molecule has 0 saturated carbocycles. The molecule has 2 aliphatic rings. The Morgan fingerprint density at radius 1 is 1.20 bits per heavy atom. The van der Waals surface area contributed by atoms with Crippen molar-refractivity contribution in [3.05, 3.63) is 58.4 Å². The molecule has 1 spiro atoms. The Morgan fingerprint density at radius 3 is 2.62 bits per heavy atom. The van der Waals surface area contributed by atoms with Gasteiger partial charge in [-0.15, -0.1) is 0 Å². The summed E-state index contributed by atoms with van der Waals surface area (Å²) in [5, 5.41) is 13.8. The number of aromatic nitrogens is 3. The third kappa shape index (κ3) is 5.46. The minimum atomic E-state index is -0.592. The van der Waals surface area contributed by atoms with Gasteiger partial charge in [0.05, 0.1) is 11.1 Å². The monoisotopic (exact) mass is 578 g/mol. The van der Waals surface area contributed by atoms with E-state index in [9.17, 15) is 10.1 Å². The number of carbonyl (C=O) groups is 1. The lowest BCUT2D eigenvalue weighted by Crippen LogP contribution is -2.48. The van der Waals surface area contributed by atoms with Gasteiger partial charge in [-0.3, -0.25) is 0 Å². The number of hydrogen-bond acceptors (Lipinski definition) is 10. The number of benzene rings is 1. The number of halogens is 1. The van der Waals surface area contributed by atoms with Gasteiger partial charge in [0.15, 0.2) is 17.3 Å². The van der Waals surface area contributed by atoms with E-state index in [2.05, 4.69) is 38.5 Å². The first kappa shape index (κ1) is 27.8. The molecule has 12 heteroatoms. The number of rotatable bonds is 4. The number of piperidine rings is 1. The number of nitriles is 1. The fraction of sp³-hybridized carbons (Fsp3) is 0.393. The van der Waals surface area contributed by atoms with Crippen molar-refractivity contribution >= 4 is 46.9 Å². The van der Waals surface area contributed by atoms with Gasteiger partial charge in [0, 0.05) is 29.6 Å². The predicted octanol–water partition coefficient (Wildman–Crippen LogP) is 5.12. The van der Waals surface area contributed by atoms with Crippen LogP contribution in [0.1, 0.15) is 56.5 Å². The highest BCUT2D eigenvalue weighted by atomic mass is 35.5. The predicted molar refractivity (Wildman–Crippen MR) is 155 cm³/mol. The molecule has 40 heavy (non-hydrogen) atoms. The number of anilines is 3. The largest absolute Gasteiger partial charge is 0.444 e. The number of amides is 1. The Morgan fingerprint density at radius 2 is 1.93 bits per heavy atom. The maximum atomic E-state index is 12.8. The molecule has 5 rings (SSSR count). The van der Waals surface area contributed by atoms with E-state index < -0.39 is 11.7 Å². The number of carbonyl (C=O) groups excluding carboxylic acids is 1. The third-order valence-electron chi connectivity index (χ3n) is 7.30. The lowest BCUT2D eigenvalue weighted by molar-refractivity contribution is 0.0428. The van der Waals surface area contributed by atoms with Crippen LogP contribution in [-0.2, 0) is 11.2 Å². The summed E-state index contributed by atoms with van der Waals surface area (Å²) in [6.45, 7) is 6.82. The minimum Gasteiger partial charge on any atom is -0.444 e. The number of hydrogen-bond donors (Lipinski definition) is 3. The molecule has 1 amide bonds. The summed E-state index contributed by atoms with van der Waals surface area (Å²) in [5.41, 5.74) is 13.9. The van der Waals surface area contributed by atoms with Crippen LogP contribution < -0.4 is 21.7 Å². The Balaban J connectivity index is 1.37. The van der Waals surface area contributed by atoms with Crippen molar-refractivity contribution in [1.29, 1.82) is 5.26 Å². The number of nitrogen functional groups attached to an aromatic ring is 2. The second kappa shape index (κ2) is 10.7. The van der Waals surface area contributed by atoms with E-state index in [1.165, 1.54) is 17.3 Å². The van der Waals surface area contributed by atoms with Crippen molar-refractivity contribution in [3.8, 4) is 6.07 Å². The van der Waals surface area contributed by atoms with Crippen LogP contribution in [-0.4, -0.2) is 39.7 Å². The number of pyridine rings is 1. The molecule has 1 aromatic carbocycles. The molecule has 0 bridgehead atoms. The van der Waals surface area contributed by atoms with E-state index in [0.717, 1.165) is 24.8 Å². The lowest BCUT2D eigenvalue weighted by Gasteiger charge is -2.44. The van der Waals surface area contributed by atoms with Gasteiger partial charge in [-0.25, -0.2) is 19.7 Å². The molecule has 5 N–H and O–H groups in total. The molecule has 2 aromatic heterocycles. The highest BCUT2D eigenvalue weighted by Crippen LogP contribution is 2.52. The van der Waals surface area contributed by atoms with Crippen LogP contribution >= 0.6 is 23.4 Å². The van der Waals surface area contributed by atoms with Gasteiger partial charge < -0.3 is 26.4 Å². The number of nitrogens with one attached hydrogen (secondary N) is 1. The zero-order valence-electron chi connectivity index (χ0n) is 22.6. The first-order valence-electron chi connectivity index (χ1n) is 13.0. The van der Waals surface area contributed by atoms with Crippen molar-refractivity contribution in [2.75, 3.05) is 29.5 Å². The summed E-state index contributed by atoms with van der Waals surface area (Å²) in [7, 11) is 0. The summed E-state index contributed by atoms with van der Waals surface area (Å²) >= 11 is 7.47. The molecule has 208 valence electrons. The van der Waals surface area contributed by atoms with Crippen LogP contribution in [0.4, 0.5) is 22.2 Å². The Kier molecular flexibility index (Phi) is 7.42. The number of nitrogens with two attached hydrogens (primary N) is 2. The topological polar surface area (TPSA) is 156 Å². The van der Waals surface area contributed by atoms with Crippen molar-refractivity contribution in [2.24, 2.45) is 5.41 Å². The van der Waals surface area contributed by atoms with Crippen LogP contribution in [0.5, 0.6) is 0 Å². The maximum Gasteiger partial charge on any atom is 0.408 e. The second-order valence-corrected chi connectivity index (χ2v) is 12.5. The van der Waals surface area contributed by atoms with Gasteiger partial charge in [-0.05, 0) is 57.2 Å². The number of nitrogens with zero attached hydrogens (tertiary/aromatic N) is 5. The van der Waals surface area contributed by atoms with Crippen molar-refractivity contribution < 1.29 is 9.53 Å². The zero-order valence-corrected chi connectivity index (χ0v) is 24.1. The highest BCUT2D eigenvalue weighted by molar-refractivity contribution is 7.99. The molecule has 1 saturated heterocycles. The van der Waals surface area contributed by atoms with Gasteiger partial charge in [0.25, 0.3) is 0 Å². The van der Waals surface area contributed by atoms with E-state index in [4.69, 9.17) is 27.8 Å². The summed E-state index contributed by atoms with van der Waals surface area (Å²) < 4.78 is 5.60. The van der Waals surface area contributed by atoms with Crippen molar-refractivity contribution in [2.45, 2.75) is 61.6 Å². The van der Waals surface area contributed by atoms with Crippen LogP contribution in [0.15, 0.2) is 46.5 Å². The molecule has 3 aromatic rings. The minimum absolute atomic E-state index is 0.177. The Hall–Kier alpha value is -3.75. The summed E-state index contributed by atoms with van der Waals surface area (Å²) in [4.78, 5) is 28.6. The van der Waals surface area contributed by atoms with E-state index in [1.54, 1.807) is 12.3 Å². The van der Waals surface area contributed by atoms with Crippen LogP contribution in [0.25, 0.3) is 0 Å². The first-order valence-corrected chi connectivity index (χ1v) is 14.2. The highest BCUT2D eigenvalue weighted by Gasteiger charge is 2.49. The quantitative estimate of drug-likeness (QED) is 0.379. The van der Waals surface area contributed by atoms with E-state index in [1.807, 2.05) is 37.8 Å². The molecular formula is C28H31ClN8O2S. The average molecular weight is 579 g/mol. The molecule has 1 fully saturated rings. The second-order valence-electron chi connectivity index (χ2n) is 11.1. The Labute approximate surface area is 242 Å². The van der Waals surface area contributed by atoms with Crippen LogP contribution in [0, 0.1) is 16.7 Å². The van der Waals surface area contributed by atoms with Crippen molar-refractivity contribution in [3.63, 3.8) is 0 Å². The SMILES string of the molecule is CC(C)(C)OC(=O)N[C@@H]1c2ccccc2CC12CCN(c1nc(N)c(Sc3ccnc(N)c3Cl)nc1C#N)CC2. The zero-order chi connectivity index (χ0) is 28.7. The van der Waals surface area contributed by atoms with Gasteiger partial charge in [-0.2, -0.15) is 5.26 Å². The molecule has 1 aliphatic carbocycles. The van der Waals surface area contributed by atoms with Gasteiger partial charge >= 0.3 is 6.09 Å². The first-order chi connectivity index (χ1) is 19.0. The normalized spacial score (nSPS) is 17.8. The van der Waals surface area contributed by atoms with E-state index >= 15 is 0 Å². The number of ether oxygens (including phenoxy) is 1. The maximum absolute atomic E-state index is 12.8. The summed E-state index contributed by atoms with van der Waals surface area (Å²) in [6.07, 6.45) is 3.52. The van der Waals surface area contributed by atoms with E-state index in [-0.39, 0.29) is 28.8 Å². The average Bonchev–Trinajstić information content (AvgIpc) is 3.19. The molecule has 10 nitrogen and oxygen atoms in total. The van der Waals surface area contributed by atoms with Crippen LogP contribution in [0.2, 0.25) is 5.02 Å². The molecular weight excluding hydrogens is 548 g/mol. The molecule has 0 radical (unpaired) electrons. The molecule has 0 unspecified atom stereocenters. The fourth-order valence-corrected chi connectivity index (χ4v) is 6.54. The molecule has 1 aliphatic heterocycles. The van der Waals surface area contributed by atoms with Gasteiger partial charge in [0.2, 0.25) is 0 Å². The van der Waals surface area contributed by atoms with Gasteiger partial charge in [0.1, 0.15) is 22.5 Å². The smallest absolute Gasteiger partial charge is 0.408 e. The number of alkyl carbamates (subject to hydrolysis) is 1. The van der Waals surface area contributed by atoms with Crippen LogP contribution in [0.3, 0.4) is 0 Å². The fourth-order valence-electron chi connectivity index (χ4n) is 5.49. The van der Waals surface area contributed by atoms with Crippen molar-refractivity contribution in [1.82, 2.24) is 20.3 Å². The number of fused-ring (bicyclic) bond motifs is 1. The Bertz CT molecular complexity index is 1490. The standard InChI is InChI=1S/C28H31ClN8O2S/c1-27(2,3)39-26(38)35-21-17-7-5-4-6-16(17)14-28(21)9-12-37(13-10-28)24-18(15-30)34-25(23(32)36-24)40-19-8-11-33-22(31)20(19)29/h4-8,11,21H,9-10,12-14H2,1-3H3,(H2,31,33)(H2,32,36)(H,35,38)/t21-/m1/s1. The van der Waals surface area contributed by atoms with E-state index in [0.29, 0.717) is 33.9 Å². The summed E-state index contributed by atoms with van der Waals surface area (Å²) in [6, 6.07) is 11.9. The third-order valence-corrected chi connectivity index (χ3v) is 8.87.